The van der Waals surface area contributed by atoms with E-state index in [0.29, 0.717) is 53.4 Å². The summed E-state index contributed by atoms with van der Waals surface area (Å²) in [6.45, 7) is 0.300. The van der Waals surface area contributed by atoms with E-state index in [1.165, 1.54) is 12.1 Å². The van der Waals surface area contributed by atoms with Crippen LogP contribution < -0.4 is 9.80 Å². The van der Waals surface area contributed by atoms with Crippen molar-refractivity contribution in [2.45, 2.75) is 31.2 Å². The maximum atomic E-state index is 15.0. The van der Waals surface area contributed by atoms with Crippen LogP contribution in [0.3, 0.4) is 0 Å². The Balaban J connectivity index is 1.57. The molecule has 200 valence electrons. The number of carbonyl (C=O) groups is 2. The van der Waals surface area contributed by atoms with E-state index in [9.17, 15) is 19.2 Å². The monoisotopic (exact) mass is 540 g/mol. The molecule has 7 rings (SSSR count). The quantitative estimate of drug-likeness (QED) is 0.303. The number of para-hydroxylation sites is 1. The number of anilines is 2. The molecule has 1 aromatic heterocycles. The largest absolute Gasteiger partial charge is 0.309 e. The lowest BCUT2D eigenvalue weighted by Crippen LogP contribution is -2.51. The first-order valence-corrected chi connectivity index (χ1v) is 13.6. The first kappa shape index (κ1) is 24.8. The number of nitriles is 1. The van der Waals surface area contributed by atoms with E-state index < -0.39 is 5.41 Å². The van der Waals surface area contributed by atoms with Gasteiger partial charge in [0, 0.05) is 47.0 Å². The number of nitrogens with zero attached hydrogens (tertiary/aromatic N) is 4. The molecule has 0 unspecified atom stereocenters. The van der Waals surface area contributed by atoms with Crippen LogP contribution in [0.1, 0.15) is 30.4 Å². The van der Waals surface area contributed by atoms with E-state index in [1.54, 1.807) is 17.0 Å². The third-order valence-corrected chi connectivity index (χ3v) is 8.23. The van der Waals surface area contributed by atoms with Crippen LogP contribution in [0.15, 0.2) is 120 Å². The fraction of sp³-hybridized carbons (Fsp3) is 0.147. The van der Waals surface area contributed by atoms with Crippen molar-refractivity contribution >= 4 is 28.9 Å². The van der Waals surface area contributed by atoms with Crippen LogP contribution >= 0.6 is 0 Å². The van der Waals surface area contributed by atoms with Gasteiger partial charge < -0.3 is 9.47 Å². The van der Waals surface area contributed by atoms with Gasteiger partial charge in [0.2, 0.25) is 5.91 Å². The highest BCUT2D eigenvalue weighted by atomic mass is 19.1. The second-order valence-corrected chi connectivity index (χ2v) is 10.5. The minimum Gasteiger partial charge on any atom is -0.309 e. The number of halogens is 1. The van der Waals surface area contributed by atoms with Gasteiger partial charge >= 0.3 is 0 Å². The first-order valence-electron chi connectivity index (χ1n) is 13.6. The molecule has 6 nitrogen and oxygen atoms in total. The number of benzene rings is 3. The average molecular weight is 541 g/mol. The molecule has 2 aliphatic heterocycles. The molecule has 7 heteroatoms. The number of ketones is 1. The summed E-state index contributed by atoms with van der Waals surface area (Å²) >= 11 is 0. The molecule has 0 fully saturated rings. The summed E-state index contributed by atoms with van der Waals surface area (Å²) in [4.78, 5) is 32.6. The Morgan fingerprint density at radius 3 is 2.29 bits per heavy atom. The standard InChI is InChI=1S/C34H25FN4O2/c35-24-15-17-25(18-16-24)39-29-13-8-14-30(40)31(29)34(27(21-36)32(39)37-19-6-7-20-37)26-11-4-5-12-28(26)38(33(34)41)22-23-9-2-1-3-10-23/h1-7,9-12,15-20H,8,13-14,22H2/t34-/m0/s1. The van der Waals surface area contributed by atoms with E-state index in [4.69, 9.17) is 0 Å². The number of allylic oxidation sites excluding steroid dienone is 1. The third-order valence-electron chi connectivity index (χ3n) is 8.23. The molecule has 1 amide bonds. The Morgan fingerprint density at radius 1 is 0.854 bits per heavy atom. The van der Waals surface area contributed by atoms with Gasteiger partial charge in [-0.25, -0.2) is 4.39 Å². The summed E-state index contributed by atoms with van der Waals surface area (Å²) in [7, 11) is 0. The zero-order valence-corrected chi connectivity index (χ0v) is 22.1. The zero-order chi connectivity index (χ0) is 28.1. The molecule has 3 aliphatic rings. The van der Waals surface area contributed by atoms with E-state index in [0.717, 1.165) is 5.56 Å². The Labute approximate surface area is 236 Å². The number of amides is 1. The summed E-state index contributed by atoms with van der Waals surface area (Å²) in [5, 5.41) is 11.0. The fourth-order valence-corrected chi connectivity index (χ4v) is 6.59. The molecule has 0 saturated heterocycles. The topological polar surface area (TPSA) is 69.3 Å². The van der Waals surface area contributed by atoms with Gasteiger partial charge in [-0.3, -0.25) is 14.5 Å². The van der Waals surface area contributed by atoms with Crippen LogP contribution in [0.4, 0.5) is 15.8 Å². The van der Waals surface area contributed by atoms with Crippen molar-refractivity contribution in [1.29, 1.82) is 5.26 Å². The zero-order valence-electron chi connectivity index (χ0n) is 22.1. The number of carbonyl (C=O) groups excluding carboxylic acids is 2. The van der Waals surface area contributed by atoms with Crippen LogP contribution in [0.5, 0.6) is 0 Å². The average Bonchev–Trinajstić information content (AvgIpc) is 3.61. The number of aromatic nitrogens is 1. The summed E-state index contributed by atoms with van der Waals surface area (Å²) in [6.07, 6.45) is 5.05. The molecule has 0 radical (unpaired) electrons. The van der Waals surface area contributed by atoms with Gasteiger partial charge in [-0.2, -0.15) is 5.26 Å². The van der Waals surface area contributed by atoms with Crippen molar-refractivity contribution in [1.82, 2.24) is 4.57 Å². The van der Waals surface area contributed by atoms with Gasteiger partial charge in [0.25, 0.3) is 0 Å². The lowest BCUT2D eigenvalue weighted by Gasteiger charge is -2.45. The van der Waals surface area contributed by atoms with Gasteiger partial charge in [-0.15, -0.1) is 0 Å². The molecular formula is C34H25FN4O2. The highest BCUT2D eigenvalue weighted by Crippen LogP contribution is 2.58. The SMILES string of the molecule is N#CC1=C(n2cccc2)N(c2ccc(F)cc2)C2=C(C(=O)CCC2)[C@@]12C(=O)N(Cc1ccccc1)c1ccccc12. The number of rotatable bonds is 4. The van der Waals surface area contributed by atoms with E-state index in [1.807, 2.05) is 88.6 Å². The van der Waals surface area contributed by atoms with Crippen molar-refractivity contribution in [3.05, 3.63) is 137 Å². The van der Waals surface area contributed by atoms with E-state index in [2.05, 4.69) is 6.07 Å². The Kier molecular flexibility index (Phi) is 5.72. The maximum Gasteiger partial charge on any atom is 0.248 e. The van der Waals surface area contributed by atoms with Crippen molar-refractivity contribution in [2.24, 2.45) is 0 Å². The van der Waals surface area contributed by atoms with Gasteiger partial charge in [-0.05, 0) is 60.9 Å². The minimum absolute atomic E-state index is 0.151. The number of Topliss-reactive ketones (excluding diaryl/α,β-unsaturated/α-hetero) is 1. The van der Waals surface area contributed by atoms with E-state index in [-0.39, 0.29) is 29.5 Å². The van der Waals surface area contributed by atoms with Gasteiger partial charge in [0.05, 0.1) is 12.1 Å². The number of hydrogen-bond donors (Lipinski definition) is 0. The van der Waals surface area contributed by atoms with Crippen molar-refractivity contribution in [3.8, 4) is 6.07 Å². The highest BCUT2D eigenvalue weighted by molar-refractivity contribution is 6.22. The molecule has 1 atom stereocenters. The normalized spacial score (nSPS) is 20.0. The molecule has 0 bridgehead atoms. The molecule has 41 heavy (non-hydrogen) atoms. The number of fused-ring (bicyclic) bond motifs is 3. The van der Waals surface area contributed by atoms with Gasteiger partial charge in [-0.1, -0.05) is 48.5 Å². The summed E-state index contributed by atoms with van der Waals surface area (Å²) in [5.74, 6) is -0.394. The van der Waals surface area contributed by atoms with Crippen LogP contribution in [-0.2, 0) is 21.5 Å². The van der Waals surface area contributed by atoms with Gasteiger partial charge in [0.1, 0.15) is 23.1 Å². The van der Waals surface area contributed by atoms with Crippen molar-refractivity contribution < 1.29 is 14.0 Å². The van der Waals surface area contributed by atoms with Gasteiger partial charge in [0.15, 0.2) is 5.78 Å². The number of hydrogen-bond acceptors (Lipinski definition) is 4. The fourth-order valence-electron chi connectivity index (χ4n) is 6.59. The second kappa shape index (κ2) is 9.46. The Morgan fingerprint density at radius 2 is 1.56 bits per heavy atom. The third kappa shape index (κ3) is 3.54. The summed E-state index contributed by atoms with van der Waals surface area (Å²) in [6, 6.07) is 29.3. The molecule has 1 spiro atoms. The first-order chi connectivity index (χ1) is 20.1. The molecule has 3 heterocycles. The molecule has 0 N–H and O–H groups in total. The maximum absolute atomic E-state index is 15.0. The van der Waals surface area contributed by atoms with Crippen molar-refractivity contribution in [3.63, 3.8) is 0 Å². The summed E-state index contributed by atoms with van der Waals surface area (Å²) < 4.78 is 15.8. The second-order valence-electron chi connectivity index (χ2n) is 10.5. The predicted octanol–water partition coefficient (Wildman–Crippen LogP) is 6.33. The Bertz CT molecular complexity index is 1800. The lowest BCUT2D eigenvalue weighted by molar-refractivity contribution is -0.124. The lowest BCUT2D eigenvalue weighted by atomic mass is 9.63. The van der Waals surface area contributed by atoms with Crippen molar-refractivity contribution in [2.75, 3.05) is 9.80 Å². The predicted molar refractivity (Wildman–Crippen MR) is 154 cm³/mol. The molecule has 3 aromatic carbocycles. The van der Waals surface area contributed by atoms with Crippen LogP contribution in [0, 0.1) is 17.1 Å². The van der Waals surface area contributed by atoms with Crippen LogP contribution in [-0.4, -0.2) is 16.3 Å². The minimum atomic E-state index is -1.61. The van der Waals surface area contributed by atoms with E-state index >= 15 is 0 Å². The Hall–Kier alpha value is -5.22. The van der Waals surface area contributed by atoms with Crippen LogP contribution in [0.25, 0.3) is 5.82 Å². The van der Waals surface area contributed by atoms with Crippen LogP contribution in [0.2, 0.25) is 0 Å². The molecule has 1 aliphatic carbocycles. The summed E-state index contributed by atoms with van der Waals surface area (Å²) in [5.41, 5.74) is 2.43. The molecule has 4 aromatic rings. The molecular weight excluding hydrogens is 515 g/mol. The smallest absolute Gasteiger partial charge is 0.248 e. The molecule has 0 saturated carbocycles. The highest BCUT2D eigenvalue weighted by Gasteiger charge is 2.62.